The summed E-state index contributed by atoms with van der Waals surface area (Å²) >= 11 is 6.33. The van der Waals surface area contributed by atoms with Crippen LogP contribution in [0.5, 0.6) is 0 Å². The molecule has 2 aromatic rings. The summed E-state index contributed by atoms with van der Waals surface area (Å²) in [5.74, 6) is 0.810. The predicted molar refractivity (Wildman–Crippen MR) is 79.0 cm³/mol. The molecule has 3 rings (SSSR count). The van der Waals surface area contributed by atoms with Crippen LogP contribution in [0.2, 0.25) is 5.02 Å². The Kier molecular flexibility index (Phi) is 3.47. The Morgan fingerprint density at radius 1 is 1.32 bits per heavy atom. The molecule has 19 heavy (non-hydrogen) atoms. The highest BCUT2D eigenvalue weighted by Gasteiger charge is 2.22. The van der Waals surface area contributed by atoms with Crippen LogP contribution in [-0.4, -0.2) is 15.8 Å². The number of para-hydroxylation sites is 1. The van der Waals surface area contributed by atoms with Crippen LogP contribution in [0.25, 0.3) is 5.69 Å². The molecule has 0 radical (unpaired) electrons. The summed E-state index contributed by atoms with van der Waals surface area (Å²) in [6.45, 7) is 2.31. The molecule has 1 aliphatic rings. The van der Waals surface area contributed by atoms with Crippen molar-refractivity contribution in [3.63, 3.8) is 0 Å². The van der Waals surface area contributed by atoms with Gasteiger partial charge in [0.25, 0.3) is 0 Å². The van der Waals surface area contributed by atoms with Crippen molar-refractivity contribution in [2.75, 3.05) is 5.32 Å². The number of benzene rings is 1. The SMILES string of the molecule is CC1CCC(Nc2cccc(Cl)c2-n2cccn2)C1. The quantitative estimate of drug-likeness (QED) is 0.913. The van der Waals surface area contributed by atoms with Crippen LogP contribution in [0.1, 0.15) is 26.2 Å². The monoisotopic (exact) mass is 275 g/mol. The third-order valence-electron chi connectivity index (χ3n) is 3.77. The van der Waals surface area contributed by atoms with Gasteiger partial charge in [-0.15, -0.1) is 0 Å². The zero-order valence-corrected chi connectivity index (χ0v) is 11.8. The molecule has 4 heteroatoms. The molecule has 1 fully saturated rings. The molecule has 0 amide bonds. The fourth-order valence-corrected chi connectivity index (χ4v) is 3.08. The number of nitrogens with one attached hydrogen (secondary N) is 1. The normalized spacial score (nSPS) is 22.6. The van der Waals surface area contributed by atoms with Crippen LogP contribution in [-0.2, 0) is 0 Å². The van der Waals surface area contributed by atoms with Crippen molar-refractivity contribution < 1.29 is 0 Å². The van der Waals surface area contributed by atoms with Crippen LogP contribution < -0.4 is 5.32 Å². The van der Waals surface area contributed by atoms with Gasteiger partial charge in [-0.05, 0) is 43.4 Å². The smallest absolute Gasteiger partial charge is 0.106 e. The molecule has 0 aliphatic heterocycles. The third kappa shape index (κ3) is 2.61. The van der Waals surface area contributed by atoms with Crippen LogP contribution in [0, 0.1) is 5.92 Å². The summed E-state index contributed by atoms with van der Waals surface area (Å²) in [4.78, 5) is 0. The van der Waals surface area contributed by atoms with Crippen molar-refractivity contribution in [1.82, 2.24) is 9.78 Å². The first-order valence-corrected chi connectivity index (χ1v) is 7.17. The van der Waals surface area contributed by atoms with Gasteiger partial charge >= 0.3 is 0 Å². The molecule has 2 atom stereocenters. The number of hydrogen-bond acceptors (Lipinski definition) is 2. The maximum Gasteiger partial charge on any atom is 0.106 e. The summed E-state index contributed by atoms with van der Waals surface area (Å²) in [6, 6.07) is 8.41. The summed E-state index contributed by atoms with van der Waals surface area (Å²) in [5.41, 5.74) is 2.00. The minimum atomic E-state index is 0.544. The van der Waals surface area contributed by atoms with Crippen molar-refractivity contribution in [2.24, 2.45) is 5.92 Å². The van der Waals surface area contributed by atoms with Gasteiger partial charge in [0, 0.05) is 18.4 Å². The lowest BCUT2D eigenvalue weighted by Gasteiger charge is -2.18. The molecule has 1 heterocycles. The van der Waals surface area contributed by atoms with Crippen molar-refractivity contribution in [3.05, 3.63) is 41.7 Å². The van der Waals surface area contributed by atoms with E-state index >= 15 is 0 Å². The molecule has 3 nitrogen and oxygen atoms in total. The molecule has 0 spiro atoms. The lowest BCUT2D eigenvalue weighted by Crippen LogP contribution is -2.17. The van der Waals surface area contributed by atoms with Gasteiger partial charge in [0.2, 0.25) is 0 Å². The average molecular weight is 276 g/mol. The third-order valence-corrected chi connectivity index (χ3v) is 4.08. The number of anilines is 1. The molecule has 1 aromatic carbocycles. The summed E-state index contributed by atoms with van der Waals surface area (Å²) in [6.07, 6.45) is 7.45. The molecular formula is C15H18ClN3. The van der Waals surface area contributed by atoms with E-state index in [0.717, 1.165) is 22.3 Å². The fourth-order valence-electron chi connectivity index (χ4n) is 2.82. The van der Waals surface area contributed by atoms with E-state index in [1.54, 1.807) is 6.20 Å². The van der Waals surface area contributed by atoms with Gasteiger partial charge in [0.05, 0.1) is 10.7 Å². The number of aromatic nitrogens is 2. The second kappa shape index (κ2) is 5.25. The minimum Gasteiger partial charge on any atom is -0.381 e. The standard InChI is InChI=1S/C15H18ClN3/c1-11-6-7-12(10-11)18-14-5-2-4-13(16)15(14)19-9-3-8-17-19/h2-5,8-9,11-12,18H,6-7,10H2,1H3. The molecule has 1 aromatic heterocycles. The molecular weight excluding hydrogens is 258 g/mol. The Bertz CT molecular complexity index is 551. The van der Waals surface area contributed by atoms with Gasteiger partial charge in [-0.3, -0.25) is 0 Å². The van der Waals surface area contributed by atoms with E-state index < -0.39 is 0 Å². The fraction of sp³-hybridized carbons (Fsp3) is 0.400. The van der Waals surface area contributed by atoms with Crippen molar-refractivity contribution in [1.29, 1.82) is 0 Å². The van der Waals surface area contributed by atoms with Crippen molar-refractivity contribution in [2.45, 2.75) is 32.2 Å². The van der Waals surface area contributed by atoms with Crippen molar-refractivity contribution in [3.8, 4) is 5.69 Å². The number of halogens is 1. The predicted octanol–water partition coefficient (Wildman–Crippen LogP) is 4.13. The maximum atomic E-state index is 6.33. The van der Waals surface area contributed by atoms with Crippen LogP contribution in [0.15, 0.2) is 36.7 Å². The lowest BCUT2D eigenvalue weighted by atomic mass is 10.1. The van der Waals surface area contributed by atoms with Crippen molar-refractivity contribution >= 4 is 17.3 Å². The Labute approximate surface area is 118 Å². The topological polar surface area (TPSA) is 29.9 Å². The molecule has 1 N–H and O–H groups in total. The highest BCUT2D eigenvalue weighted by molar-refractivity contribution is 6.33. The van der Waals surface area contributed by atoms with Crippen LogP contribution in [0.4, 0.5) is 5.69 Å². The Hall–Kier alpha value is -1.48. The van der Waals surface area contributed by atoms with Gasteiger partial charge < -0.3 is 5.32 Å². The second-order valence-electron chi connectivity index (χ2n) is 5.35. The first-order valence-electron chi connectivity index (χ1n) is 6.79. The minimum absolute atomic E-state index is 0.544. The van der Waals surface area contributed by atoms with E-state index in [4.69, 9.17) is 11.6 Å². The molecule has 1 saturated carbocycles. The molecule has 2 unspecified atom stereocenters. The van der Waals surface area contributed by atoms with Crippen LogP contribution >= 0.6 is 11.6 Å². The van der Waals surface area contributed by atoms with E-state index in [-0.39, 0.29) is 0 Å². The maximum absolute atomic E-state index is 6.33. The van der Waals surface area contributed by atoms with E-state index in [2.05, 4.69) is 23.4 Å². The van der Waals surface area contributed by atoms with Gasteiger partial charge in [0.1, 0.15) is 5.69 Å². The van der Waals surface area contributed by atoms with Gasteiger partial charge in [0.15, 0.2) is 0 Å². The first-order chi connectivity index (χ1) is 9.24. The summed E-state index contributed by atoms with van der Waals surface area (Å²) in [5, 5.41) is 8.64. The molecule has 0 bridgehead atoms. The highest BCUT2D eigenvalue weighted by atomic mass is 35.5. The number of rotatable bonds is 3. The van der Waals surface area contributed by atoms with E-state index in [1.165, 1.54) is 19.3 Å². The Balaban J connectivity index is 1.91. The van der Waals surface area contributed by atoms with Crippen LogP contribution in [0.3, 0.4) is 0 Å². The second-order valence-corrected chi connectivity index (χ2v) is 5.75. The molecule has 0 saturated heterocycles. The number of nitrogens with zero attached hydrogens (tertiary/aromatic N) is 2. The zero-order chi connectivity index (χ0) is 13.2. The van der Waals surface area contributed by atoms with Gasteiger partial charge in [-0.1, -0.05) is 24.6 Å². The van der Waals surface area contributed by atoms with E-state index in [9.17, 15) is 0 Å². The highest BCUT2D eigenvalue weighted by Crippen LogP contribution is 2.32. The summed E-state index contributed by atoms with van der Waals surface area (Å²) in [7, 11) is 0. The Morgan fingerprint density at radius 2 is 2.21 bits per heavy atom. The molecule has 100 valence electrons. The van der Waals surface area contributed by atoms with E-state index in [0.29, 0.717) is 6.04 Å². The van der Waals surface area contributed by atoms with E-state index in [1.807, 2.05) is 29.1 Å². The van der Waals surface area contributed by atoms with Gasteiger partial charge in [-0.25, -0.2) is 4.68 Å². The van der Waals surface area contributed by atoms with Gasteiger partial charge in [-0.2, -0.15) is 5.10 Å². The first kappa shape index (κ1) is 12.5. The Morgan fingerprint density at radius 3 is 2.89 bits per heavy atom. The lowest BCUT2D eigenvalue weighted by molar-refractivity contribution is 0.602. The summed E-state index contributed by atoms with van der Waals surface area (Å²) < 4.78 is 1.82. The molecule has 1 aliphatic carbocycles. The zero-order valence-electron chi connectivity index (χ0n) is 11.0. The number of hydrogen-bond donors (Lipinski definition) is 1. The largest absolute Gasteiger partial charge is 0.381 e. The average Bonchev–Trinajstić information content (AvgIpc) is 3.01.